The number of aromatic amines is 1. The number of furan rings is 1. The summed E-state index contributed by atoms with van der Waals surface area (Å²) in [6.45, 7) is 0.974. The summed E-state index contributed by atoms with van der Waals surface area (Å²) >= 11 is 0. The molecule has 0 saturated heterocycles. The van der Waals surface area contributed by atoms with Crippen LogP contribution in [0.15, 0.2) is 76.5 Å². The molecule has 1 N–H and O–H groups in total. The van der Waals surface area contributed by atoms with Crippen LogP contribution in [0.3, 0.4) is 0 Å². The van der Waals surface area contributed by atoms with E-state index in [4.69, 9.17) is 4.42 Å². The number of imidazole rings is 1. The van der Waals surface area contributed by atoms with E-state index in [1.807, 2.05) is 53.2 Å². The van der Waals surface area contributed by atoms with Crippen LogP contribution in [0.4, 0.5) is 0 Å². The highest BCUT2D eigenvalue weighted by Gasteiger charge is 2.13. The van der Waals surface area contributed by atoms with E-state index in [-0.39, 0.29) is 5.56 Å². The van der Waals surface area contributed by atoms with Crippen molar-refractivity contribution in [1.29, 1.82) is 0 Å². The summed E-state index contributed by atoms with van der Waals surface area (Å²) in [4.78, 5) is 17.0. The average molecular weight is 372 g/mol. The van der Waals surface area contributed by atoms with Crippen LogP contribution >= 0.6 is 0 Å². The number of fused-ring (bicyclic) bond motifs is 1. The van der Waals surface area contributed by atoms with E-state index in [0.717, 1.165) is 11.1 Å². The number of rotatable bonds is 5. The largest absolute Gasteiger partial charge is 0.451 e. The van der Waals surface area contributed by atoms with E-state index in [9.17, 15) is 4.79 Å². The maximum Gasteiger partial charge on any atom is 0.274 e. The second-order valence-corrected chi connectivity index (χ2v) is 6.34. The molecule has 4 heterocycles. The number of nitrogens with one attached hydrogen (secondary N) is 1. The highest BCUT2D eigenvalue weighted by molar-refractivity contribution is 5.80. The molecule has 0 radical (unpaired) electrons. The van der Waals surface area contributed by atoms with Crippen LogP contribution < -0.4 is 5.56 Å². The van der Waals surface area contributed by atoms with Gasteiger partial charge in [0.05, 0.1) is 18.1 Å². The SMILES string of the molecule is O=c1c2ccccc2cnn1CCn1ccnc1-c1ccc(-c2ccn[nH]2)o1. The third-order valence-corrected chi connectivity index (χ3v) is 4.62. The van der Waals surface area contributed by atoms with Crippen molar-refractivity contribution >= 4 is 10.8 Å². The molecule has 5 rings (SSSR count). The minimum absolute atomic E-state index is 0.0979. The van der Waals surface area contributed by atoms with Gasteiger partial charge < -0.3 is 8.98 Å². The first kappa shape index (κ1) is 16.2. The first-order chi connectivity index (χ1) is 13.8. The molecule has 4 aromatic heterocycles. The predicted octanol–water partition coefficient (Wildman–Crippen LogP) is 2.94. The number of hydrogen-bond acceptors (Lipinski definition) is 5. The molecule has 28 heavy (non-hydrogen) atoms. The number of aryl methyl sites for hydroxylation is 2. The van der Waals surface area contributed by atoms with Gasteiger partial charge in [-0.05, 0) is 24.3 Å². The summed E-state index contributed by atoms with van der Waals surface area (Å²) in [5.74, 6) is 2.03. The lowest BCUT2D eigenvalue weighted by Gasteiger charge is -2.08. The molecule has 0 unspecified atom stereocenters. The van der Waals surface area contributed by atoms with Crippen molar-refractivity contribution in [2.45, 2.75) is 13.1 Å². The summed E-state index contributed by atoms with van der Waals surface area (Å²) < 4.78 is 9.33. The molecule has 138 valence electrons. The summed E-state index contributed by atoms with van der Waals surface area (Å²) in [5.41, 5.74) is 0.704. The Morgan fingerprint density at radius 2 is 1.89 bits per heavy atom. The highest BCUT2D eigenvalue weighted by atomic mass is 16.3. The van der Waals surface area contributed by atoms with Gasteiger partial charge in [-0.3, -0.25) is 9.89 Å². The Kier molecular flexibility index (Phi) is 3.86. The first-order valence-corrected chi connectivity index (χ1v) is 8.85. The summed E-state index contributed by atoms with van der Waals surface area (Å²) in [7, 11) is 0. The minimum atomic E-state index is -0.0979. The Morgan fingerprint density at radius 1 is 1.00 bits per heavy atom. The van der Waals surface area contributed by atoms with E-state index < -0.39 is 0 Å². The van der Waals surface area contributed by atoms with E-state index in [1.165, 1.54) is 4.68 Å². The summed E-state index contributed by atoms with van der Waals surface area (Å²) in [6, 6.07) is 13.0. The van der Waals surface area contributed by atoms with Gasteiger partial charge in [0, 0.05) is 30.5 Å². The molecular formula is C20H16N6O2. The van der Waals surface area contributed by atoms with Crippen LogP contribution in [0, 0.1) is 0 Å². The average Bonchev–Trinajstić information content (AvgIpc) is 3.47. The maximum atomic E-state index is 12.6. The highest BCUT2D eigenvalue weighted by Crippen LogP contribution is 2.26. The molecule has 0 atom stereocenters. The van der Waals surface area contributed by atoms with Crippen molar-refractivity contribution < 1.29 is 4.42 Å². The van der Waals surface area contributed by atoms with Gasteiger partial charge in [-0.1, -0.05) is 18.2 Å². The van der Waals surface area contributed by atoms with Crippen LogP contribution in [0.25, 0.3) is 33.8 Å². The molecule has 5 aromatic rings. The summed E-state index contributed by atoms with van der Waals surface area (Å²) in [5, 5.41) is 12.6. The predicted molar refractivity (Wildman–Crippen MR) is 104 cm³/mol. The van der Waals surface area contributed by atoms with Crippen molar-refractivity contribution in [3.63, 3.8) is 0 Å². The van der Waals surface area contributed by atoms with E-state index >= 15 is 0 Å². The van der Waals surface area contributed by atoms with Gasteiger partial charge in [0.15, 0.2) is 17.3 Å². The molecule has 0 aliphatic carbocycles. The molecule has 0 fully saturated rings. The third-order valence-electron chi connectivity index (χ3n) is 4.62. The second-order valence-electron chi connectivity index (χ2n) is 6.34. The fourth-order valence-corrected chi connectivity index (χ4v) is 3.20. The standard InChI is InChI=1S/C20H16N6O2/c27-20-15-4-2-1-3-14(15)13-23-26(20)12-11-25-10-9-21-19(25)18-6-5-17(28-18)16-7-8-22-24-16/h1-10,13H,11-12H2,(H,22,24). The Balaban J connectivity index is 1.40. The van der Waals surface area contributed by atoms with Crippen molar-refractivity contribution in [2.75, 3.05) is 0 Å². The van der Waals surface area contributed by atoms with Crippen LogP contribution in [-0.4, -0.2) is 29.5 Å². The topological polar surface area (TPSA) is 94.5 Å². The zero-order valence-electron chi connectivity index (χ0n) is 14.8. The Morgan fingerprint density at radius 3 is 2.79 bits per heavy atom. The van der Waals surface area contributed by atoms with Crippen LogP contribution in [0.2, 0.25) is 0 Å². The zero-order chi connectivity index (χ0) is 18.9. The molecule has 0 spiro atoms. The number of H-pyrrole nitrogens is 1. The van der Waals surface area contributed by atoms with Gasteiger partial charge in [-0.15, -0.1) is 0 Å². The molecule has 0 bridgehead atoms. The molecule has 0 amide bonds. The smallest absolute Gasteiger partial charge is 0.274 e. The van der Waals surface area contributed by atoms with Gasteiger partial charge >= 0.3 is 0 Å². The molecule has 0 saturated carbocycles. The minimum Gasteiger partial charge on any atom is -0.451 e. The first-order valence-electron chi connectivity index (χ1n) is 8.85. The lowest BCUT2D eigenvalue weighted by Crippen LogP contribution is -2.24. The van der Waals surface area contributed by atoms with Crippen LogP contribution in [0.1, 0.15) is 0 Å². The fraction of sp³-hybridized carbons (Fsp3) is 0.100. The van der Waals surface area contributed by atoms with Crippen molar-refractivity contribution in [2.24, 2.45) is 0 Å². The van der Waals surface area contributed by atoms with Gasteiger partial charge in [-0.25, -0.2) is 9.67 Å². The number of benzene rings is 1. The fourth-order valence-electron chi connectivity index (χ4n) is 3.20. The van der Waals surface area contributed by atoms with Crippen molar-refractivity contribution in [3.05, 3.63) is 77.6 Å². The Hall–Kier alpha value is -3.94. The van der Waals surface area contributed by atoms with Gasteiger partial charge in [0.2, 0.25) is 0 Å². The number of nitrogens with zero attached hydrogens (tertiary/aromatic N) is 5. The monoisotopic (exact) mass is 372 g/mol. The second kappa shape index (κ2) is 6.66. The van der Waals surface area contributed by atoms with Gasteiger partial charge in [-0.2, -0.15) is 10.2 Å². The molecule has 0 aliphatic rings. The molecular weight excluding hydrogens is 356 g/mol. The molecule has 8 nitrogen and oxygen atoms in total. The van der Waals surface area contributed by atoms with Crippen LogP contribution in [0.5, 0.6) is 0 Å². The Bertz CT molecular complexity index is 1300. The maximum absolute atomic E-state index is 12.6. The quantitative estimate of drug-likeness (QED) is 0.512. The van der Waals surface area contributed by atoms with E-state index in [0.29, 0.717) is 35.8 Å². The molecule has 0 aliphatic heterocycles. The third kappa shape index (κ3) is 2.81. The lowest BCUT2D eigenvalue weighted by molar-refractivity contribution is 0.510. The summed E-state index contributed by atoms with van der Waals surface area (Å²) in [6.07, 6.45) is 6.96. The van der Waals surface area contributed by atoms with Gasteiger partial charge in [0.1, 0.15) is 5.69 Å². The number of hydrogen-bond donors (Lipinski definition) is 1. The van der Waals surface area contributed by atoms with Crippen molar-refractivity contribution in [3.8, 4) is 23.0 Å². The number of aromatic nitrogens is 6. The van der Waals surface area contributed by atoms with E-state index in [1.54, 1.807) is 18.6 Å². The molecule has 1 aromatic carbocycles. The Labute approximate surface area is 159 Å². The van der Waals surface area contributed by atoms with Gasteiger partial charge in [0.25, 0.3) is 5.56 Å². The zero-order valence-corrected chi connectivity index (χ0v) is 14.8. The van der Waals surface area contributed by atoms with Crippen LogP contribution in [-0.2, 0) is 13.1 Å². The molecule has 8 heteroatoms. The normalized spacial score (nSPS) is 11.3. The van der Waals surface area contributed by atoms with E-state index in [2.05, 4.69) is 20.3 Å². The van der Waals surface area contributed by atoms with Crippen molar-refractivity contribution in [1.82, 2.24) is 29.5 Å². The lowest BCUT2D eigenvalue weighted by atomic mass is 10.2.